The van der Waals surface area contributed by atoms with Crippen LogP contribution in [-0.4, -0.2) is 36.2 Å². The van der Waals surface area contributed by atoms with Gasteiger partial charge in [0.05, 0.1) is 0 Å². The first-order valence-electron chi connectivity index (χ1n) is 6.51. The van der Waals surface area contributed by atoms with E-state index in [1.807, 2.05) is 18.2 Å². The molecule has 18 heavy (non-hydrogen) atoms. The number of nitrogens with one attached hydrogen (secondary N) is 2. The largest absolute Gasteiger partial charge is 0.360 e. The Balaban J connectivity index is 1.69. The zero-order chi connectivity index (χ0) is 12.8. The van der Waals surface area contributed by atoms with Gasteiger partial charge in [-0.3, -0.25) is 0 Å². The maximum absolute atomic E-state index is 5.33. The molecule has 0 aromatic heterocycles. The highest BCUT2D eigenvalue weighted by Crippen LogP contribution is 2.07. The molecule has 1 aliphatic heterocycles. The number of rotatable bonds is 3. The highest BCUT2D eigenvalue weighted by atomic mass is 32.1. The van der Waals surface area contributed by atoms with Gasteiger partial charge in [0.15, 0.2) is 5.11 Å². The monoisotopic (exact) mass is 263 g/mol. The van der Waals surface area contributed by atoms with E-state index in [0.717, 1.165) is 24.7 Å². The van der Waals surface area contributed by atoms with Crippen LogP contribution in [0.3, 0.4) is 0 Å². The third-order valence-electron chi connectivity index (χ3n) is 3.35. The minimum absolute atomic E-state index is 0.525. The van der Waals surface area contributed by atoms with E-state index in [4.69, 9.17) is 12.2 Å². The Kier molecular flexibility index (Phi) is 4.96. The maximum Gasteiger partial charge on any atom is 0.166 e. The first-order chi connectivity index (χ1) is 8.74. The van der Waals surface area contributed by atoms with Crippen LogP contribution in [0.4, 0.5) is 0 Å². The van der Waals surface area contributed by atoms with Crippen LogP contribution in [0.5, 0.6) is 0 Å². The van der Waals surface area contributed by atoms with Crippen molar-refractivity contribution >= 4 is 17.3 Å². The Morgan fingerprint density at radius 2 is 1.94 bits per heavy atom. The highest BCUT2D eigenvalue weighted by molar-refractivity contribution is 7.80. The van der Waals surface area contributed by atoms with Crippen molar-refractivity contribution in [2.75, 3.05) is 20.1 Å². The van der Waals surface area contributed by atoms with Crippen LogP contribution < -0.4 is 10.6 Å². The molecule has 0 saturated carbocycles. The van der Waals surface area contributed by atoms with E-state index in [1.54, 1.807) is 0 Å². The smallest absolute Gasteiger partial charge is 0.166 e. The standard InChI is InChI=1S/C14H21N3S/c1-17-9-7-13(8-10-17)16-14(18)15-11-12-5-3-2-4-6-12/h2-6,13H,7-11H2,1H3,(H2,15,16,18). The fourth-order valence-electron chi connectivity index (χ4n) is 2.17. The van der Waals surface area contributed by atoms with Gasteiger partial charge in [-0.05, 0) is 50.8 Å². The molecule has 1 aliphatic rings. The quantitative estimate of drug-likeness (QED) is 0.813. The lowest BCUT2D eigenvalue weighted by molar-refractivity contribution is 0.246. The topological polar surface area (TPSA) is 27.3 Å². The minimum Gasteiger partial charge on any atom is -0.360 e. The fraction of sp³-hybridized carbons (Fsp3) is 0.500. The summed E-state index contributed by atoms with van der Waals surface area (Å²) >= 11 is 5.33. The summed E-state index contributed by atoms with van der Waals surface area (Å²) in [6.07, 6.45) is 2.34. The van der Waals surface area contributed by atoms with E-state index in [2.05, 4.69) is 34.7 Å². The van der Waals surface area contributed by atoms with E-state index in [1.165, 1.54) is 18.4 Å². The van der Waals surface area contributed by atoms with Crippen LogP contribution >= 0.6 is 12.2 Å². The molecule has 1 aromatic rings. The third kappa shape index (κ3) is 4.27. The number of nitrogens with zero attached hydrogens (tertiary/aromatic N) is 1. The summed E-state index contributed by atoms with van der Waals surface area (Å²) in [5.41, 5.74) is 1.25. The SMILES string of the molecule is CN1CCC(NC(=S)NCc2ccccc2)CC1. The van der Waals surface area contributed by atoms with Gasteiger partial charge in [-0.15, -0.1) is 0 Å². The van der Waals surface area contributed by atoms with Gasteiger partial charge in [0, 0.05) is 12.6 Å². The summed E-state index contributed by atoms with van der Waals surface area (Å²) in [6, 6.07) is 10.8. The van der Waals surface area contributed by atoms with Gasteiger partial charge in [0.1, 0.15) is 0 Å². The van der Waals surface area contributed by atoms with Crippen LogP contribution in [-0.2, 0) is 6.54 Å². The molecule has 0 amide bonds. The number of hydrogen-bond acceptors (Lipinski definition) is 2. The molecule has 3 nitrogen and oxygen atoms in total. The summed E-state index contributed by atoms with van der Waals surface area (Å²) in [4.78, 5) is 2.36. The number of likely N-dealkylation sites (tertiary alicyclic amines) is 1. The predicted molar refractivity (Wildman–Crippen MR) is 79.5 cm³/mol. The average Bonchev–Trinajstić information content (AvgIpc) is 2.40. The molecule has 0 spiro atoms. The van der Waals surface area contributed by atoms with Crippen molar-refractivity contribution in [1.29, 1.82) is 0 Å². The molecule has 1 aromatic carbocycles. The van der Waals surface area contributed by atoms with Crippen molar-refractivity contribution in [1.82, 2.24) is 15.5 Å². The molecular formula is C14H21N3S. The molecule has 0 aliphatic carbocycles. The number of thiocarbonyl (C=S) groups is 1. The summed E-state index contributed by atoms with van der Waals surface area (Å²) in [7, 11) is 2.17. The number of hydrogen-bond donors (Lipinski definition) is 2. The van der Waals surface area contributed by atoms with Crippen molar-refractivity contribution in [3.8, 4) is 0 Å². The number of piperidine rings is 1. The molecule has 0 unspecified atom stereocenters. The second-order valence-corrected chi connectivity index (χ2v) is 5.30. The zero-order valence-electron chi connectivity index (χ0n) is 10.9. The predicted octanol–water partition coefficient (Wildman–Crippen LogP) is 1.74. The summed E-state index contributed by atoms with van der Waals surface area (Å²) in [5, 5.41) is 7.44. The molecule has 4 heteroatoms. The van der Waals surface area contributed by atoms with Crippen molar-refractivity contribution in [2.45, 2.75) is 25.4 Å². The van der Waals surface area contributed by atoms with Gasteiger partial charge in [-0.2, -0.15) is 0 Å². The highest BCUT2D eigenvalue weighted by Gasteiger charge is 2.16. The molecule has 98 valence electrons. The Labute approximate surface area is 115 Å². The molecule has 1 fully saturated rings. The van der Waals surface area contributed by atoms with E-state index in [-0.39, 0.29) is 0 Å². The van der Waals surface area contributed by atoms with Crippen LogP contribution in [0.25, 0.3) is 0 Å². The summed E-state index contributed by atoms with van der Waals surface area (Å²) < 4.78 is 0. The molecule has 2 N–H and O–H groups in total. The van der Waals surface area contributed by atoms with Crippen molar-refractivity contribution in [2.24, 2.45) is 0 Å². The zero-order valence-corrected chi connectivity index (χ0v) is 11.7. The second-order valence-electron chi connectivity index (χ2n) is 4.89. The van der Waals surface area contributed by atoms with Crippen LogP contribution in [0.15, 0.2) is 30.3 Å². The Bertz CT molecular complexity index is 372. The Hall–Kier alpha value is -1.13. The lowest BCUT2D eigenvalue weighted by Gasteiger charge is -2.30. The molecule has 0 atom stereocenters. The lowest BCUT2D eigenvalue weighted by atomic mass is 10.1. The normalized spacial score (nSPS) is 17.4. The van der Waals surface area contributed by atoms with Gasteiger partial charge in [-0.1, -0.05) is 30.3 Å². The number of benzene rings is 1. The van der Waals surface area contributed by atoms with Crippen LogP contribution in [0.2, 0.25) is 0 Å². The van der Waals surface area contributed by atoms with Gasteiger partial charge in [-0.25, -0.2) is 0 Å². The Morgan fingerprint density at radius 1 is 1.28 bits per heavy atom. The minimum atomic E-state index is 0.525. The first-order valence-corrected chi connectivity index (χ1v) is 6.92. The van der Waals surface area contributed by atoms with E-state index in [0.29, 0.717) is 6.04 Å². The van der Waals surface area contributed by atoms with Gasteiger partial charge >= 0.3 is 0 Å². The van der Waals surface area contributed by atoms with Crippen molar-refractivity contribution in [3.05, 3.63) is 35.9 Å². The molecule has 1 saturated heterocycles. The fourth-order valence-corrected chi connectivity index (χ4v) is 2.41. The summed E-state index contributed by atoms with van der Waals surface area (Å²) in [6.45, 7) is 3.09. The molecule has 0 radical (unpaired) electrons. The van der Waals surface area contributed by atoms with E-state index >= 15 is 0 Å². The second kappa shape index (κ2) is 6.71. The van der Waals surface area contributed by atoms with E-state index < -0.39 is 0 Å². The van der Waals surface area contributed by atoms with Gasteiger partial charge in [0.2, 0.25) is 0 Å². The van der Waals surface area contributed by atoms with Crippen LogP contribution in [0.1, 0.15) is 18.4 Å². The molecule has 1 heterocycles. The van der Waals surface area contributed by atoms with Crippen molar-refractivity contribution < 1.29 is 0 Å². The van der Waals surface area contributed by atoms with Crippen molar-refractivity contribution in [3.63, 3.8) is 0 Å². The molecular weight excluding hydrogens is 242 g/mol. The molecule has 2 rings (SSSR count). The summed E-state index contributed by atoms with van der Waals surface area (Å²) in [5.74, 6) is 0. The average molecular weight is 263 g/mol. The first kappa shape index (κ1) is 13.3. The van der Waals surface area contributed by atoms with Gasteiger partial charge in [0.25, 0.3) is 0 Å². The lowest BCUT2D eigenvalue weighted by Crippen LogP contribution is -2.46. The third-order valence-corrected chi connectivity index (χ3v) is 3.61. The molecule has 0 bridgehead atoms. The van der Waals surface area contributed by atoms with E-state index in [9.17, 15) is 0 Å². The maximum atomic E-state index is 5.33. The van der Waals surface area contributed by atoms with Gasteiger partial charge < -0.3 is 15.5 Å². The van der Waals surface area contributed by atoms with Crippen LogP contribution in [0, 0.1) is 0 Å². The Morgan fingerprint density at radius 3 is 2.61 bits per heavy atom.